The molecule has 1 heterocycles. The number of nitrogen functional groups attached to an aromatic ring is 1. The van der Waals surface area contributed by atoms with Crippen LogP contribution < -0.4 is 11.1 Å². The highest BCUT2D eigenvalue weighted by Gasteiger charge is 2.07. The Morgan fingerprint density at radius 3 is 2.95 bits per heavy atom. The number of nitrogens with one attached hydrogen (secondary N) is 1. The number of benzene rings is 1. The molecule has 1 amide bonds. The van der Waals surface area contributed by atoms with Gasteiger partial charge in [-0.3, -0.25) is 4.79 Å². The van der Waals surface area contributed by atoms with Gasteiger partial charge in [0.2, 0.25) is 5.91 Å². The number of thioether (sulfide) groups is 1. The fourth-order valence-electron chi connectivity index (χ4n) is 1.36. The average molecular weight is 297 g/mol. The molecule has 1 aromatic heterocycles. The number of carbonyl (C=O) groups excluding carboxylic acids is 1. The Kier molecular flexibility index (Phi) is 4.75. The minimum Gasteiger partial charge on any atom is -0.375 e. The van der Waals surface area contributed by atoms with Gasteiger partial charge in [0.15, 0.2) is 5.13 Å². The minimum absolute atomic E-state index is 0.208. The topological polar surface area (TPSA) is 68.0 Å². The summed E-state index contributed by atoms with van der Waals surface area (Å²) in [4.78, 5) is 15.6. The molecule has 0 aliphatic carbocycles. The largest absolute Gasteiger partial charge is 0.375 e. The number of aromatic nitrogens is 1. The molecular formula is C12H12FN3OS2. The zero-order valence-corrected chi connectivity index (χ0v) is 11.6. The van der Waals surface area contributed by atoms with Gasteiger partial charge in [0, 0.05) is 12.2 Å². The number of rotatable bonds is 5. The second kappa shape index (κ2) is 6.53. The van der Waals surface area contributed by atoms with E-state index in [9.17, 15) is 9.18 Å². The van der Waals surface area contributed by atoms with E-state index in [1.54, 1.807) is 18.3 Å². The van der Waals surface area contributed by atoms with E-state index in [-0.39, 0.29) is 11.6 Å². The SMILES string of the molecule is Nc1ncc(SCCC(=O)Nc2ccccc2F)s1. The standard InChI is InChI=1S/C12H12FN3OS2/c13-8-3-1-2-4-9(8)16-10(17)5-6-18-11-7-15-12(14)19-11/h1-4,7H,5-6H2,(H2,14,15)(H,16,17). The third-order valence-electron chi connectivity index (χ3n) is 2.22. The molecule has 0 bridgehead atoms. The van der Waals surface area contributed by atoms with Crippen LogP contribution in [0, 0.1) is 5.82 Å². The van der Waals surface area contributed by atoms with E-state index in [2.05, 4.69) is 10.3 Å². The molecule has 0 aliphatic heterocycles. The average Bonchev–Trinajstić information content (AvgIpc) is 2.78. The molecule has 0 unspecified atom stereocenters. The van der Waals surface area contributed by atoms with Crippen molar-refractivity contribution >= 4 is 39.8 Å². The molecule has 0 radical (unpaired) electrons. The number of nitrogens with two attached hydrogens (primary N) is 1. The van der Waals surface area contributed by atoms with Crippen LogP contribution in [0.25, 0.3) is 0 Å². The quantitative estimate of drug-likeness (QED) is 0.833. The van der Waals surface area contributed by atoms with Gasteiger partial charge in [-0.2, -0.15) is 0 Å². The molecule has 0 saturated carbocycles. The Morgan fingerprint density at radius 2 is 2.26 bits per heavy atom. The lowest BCUT2D eigenvalue weighted by molar-refractivity contribution is -0.115. The maximum Gasteiger partial charge on any atom is 0.225 e. The Hall–Kier alpha value is -1.60. The lowest BCUT2D eigenvalue weighted by Crippen LogP contribution is -2.13. The Bertz CT molecular complexity index is 574. The molecule has 0 spiro atoms. The highest BCUT2D eigenvalue weighted by atomic mass is 32.2. The fraction of sp³-hybridized carbons (Fsp3) is 0.167. The maximum absolute atomic E-state index is 13.3. The lowest BCUT2D eigenvalue weighted by Gasteiger charge is -2.05. The van der Waals surface area contributed by atoms with Gasteiger partial charge in [0.1, 0.15) is 5.82 Å². The number of carbonyl (C=O) groups is 1. The van der Waals surface area contributed by atoms with Gasteiger partial charge in [-0.1, -0.05) is 23.5 Å². The first-order chi connectivity index (χ1) is 9.15. The number of amides is 1. The zero-order valence-electron chi connectivity index (χ0n) is 9.93. The molecule has 19 heavy (non-hydrogen) atoms. The van der Waals surface area contributed by atoms with Crippen molar-refractivity contribution in [3.05, 3.63) is 36.3 Å². The van der Waals surface area contributed by atoms with Crippen molar-refractivity contribution in [3.8, 4) is 0 Å². The molecular weight excluding hydrogens is 285 g/mol. The van der Waals surface area contributed by atoms with Crippen LogP contribution in [0.2, 0.25) is 0 Å². The van der Waals surface area contributed by atoms with Crippen molar-refractivity contribution in [2.45, 2.75) is 10.6 Å². The normalized spacial score (nSPS) is 10.4. The van der Waals surface area contributed by atoms with Crippen molar-refractivity contribution in [3.63, 3.8) is 0 Å². The predicted octanol–water partition coefficient (Wildman–Crippen LogP) is 2.99. The molecule has 0 saturated heterocycles. The predicted molar refractivity (Wildman–Crippen MR) is 76.9 cm³/mol. The van der Waals surface area contributed by atoms with E-state index in [4.69, 9.17) is 5.73 Å². The third kappa shape index (κ3) is 4.22. The number of para-hydroxylation sites is 1. The first kappa shape index (κ1) is 13.8. The van der Waals surface area contributed by atoms with Crippen LogP contribution in [0.4, 0.5) is 15.2 Å². The fourth-order valence-corrected chi connectivity index (χ4v) is 3.13. The van der Waals surface area contributed by atoms with Crippen LogP contribution in [0.5, 0.6) is 0 Å². The van der Waals surface area contributed by atoms with Crippen LogP contribution in [0.15, 0.2) is 34.7 Å². The summed E-state index contributed by atoms with van der Waals surface area (Å²) >= 11 is 2.89. The molecule has 2 rings (SSSR count). The first-order valence-electron chi connectivity index (χ1n) is 5.53. The van der Waals surface area contributed by atoms with Crippen LogP contribution in [0.1, 0.15) is 6.42 Å². The minimum atomic E-state index is -0.432. The molecule has 100 valence electrons. The smallest absolute Gasteiger partial charge is 0.225 e. The molecule has 0 fully saturated rings. The molecule has 1 aromatic carbocycles. The van der Waals surface area contributed by atoms with Crippen LogP contribution in [0.3, 0.4) is 0 Å². The van der Waals surface area contributed by atoms with Gasteiger partial charge in [0.05, 0.1) is 16.1 Å². The molecule has 4 nitrogen and oxygen atoms in total. The van der Waals surface area contributed by atoms with E-state index < -0.39 is 5.82 Å². The summed E-state index contributed by atoms with van der Waals surface area (Å²) in [5.41, 5.74) is 5.71. The lowest BCUT2D eigenvalue weighted by atomic mass is 10.3. The second-order valence-corrected chi connectivity index (χ2v) is 6.10. The first-order valence-corrected chi connectivity index (χ1v) is 7.34. The van der Waals surface area contributed by atoms with Gasteiger partial charge in [-0.15, -0.1) is 11.8 Å². The molecule has 0 atom stereocenters. The van der Waals surface area contributed by atoms with Crippen LogP contribution in [-0.2, 0) is 4.79 Å². The van der Waals surface area contributed by atoms with Crippen LogP contribution >= 0.6 is 23.1 Å². The number of hydrogen-bond donors (Lipinski definition) is 2. The summed E-state index contributed by atoms with van der Waals surface area (Å²) in [6, 6.07) is 6.09. The zero-order chi connectivity index (χ0) is 13.7. The highest BCUT2D eigenvalue weighted by molar-refractivity contribution is 8.01. The van der Waals surface area contributed by atoms with Crippen LogP contribution in [-0.4, -0.2) is 16.6 Å². The Labute approximate surface area is 118 Å². The van der Waals surface area contributed by atoms with Crippen molar-refractivity contribution in [2.75, 3.05) is 16.8 Å². The van der Waals surface area contributed by atoms with Gasteiger partial charge < -0.3 is 11.1 Å². The van der Waals surface area contributed by atoms with E-state index in [0.717, 1.165) is 4.21 Å². The van der Waals surface area contributed by atoms with Gasteiger partial charge in [-0.05, 0) is 12.1 Å². The van der Waals surface area contributed by atoms with E-state index in [1.165, 1.54) is 35.2 Å². The third-order valence-corrected chi connectivity index (χ3v) is 4.25. The van der Waals surface area contributed by atoms with Crippen molar-refractivity contribution < 1.29 is 9.18 Å². The number of nitrogens with zero attached hydrogens (tertiary/aromatic N) is 1. The second-order valence-electron chi connectivity index (χ2n) is 3.64. The highest BCUT2D eigenvalue weighted by Crippen LogP contribution is 2.26. The van der Waals surface area contributed by atoms with Crippen molar-refractivity contribution in [2.24, 2.45) is 0 Å². The van der Waals surface area contributed by atoms with E-state index >= 15 is 0 Å². The van der Waals surface area contributed by atoms with E-state index in [1.807, 2.05) is 0 Å². The Balaban J connectivity index is 1.77. The summed E-state index contributed by atoms with van der Waals surface area (Å²) in [6.07, 6.45) is 1.98. The molecule has 7 heteroatoms. The number of thiazole rings is 1. The van der Waals surface area contributed by atoms with E-state index in [0.29, 0.717) is 17.3 Å². The number of halogens is 1. The summed E-state index contributed by atoms with van der Waals surface area (Å²) in [5, 5.41) is 3.05. The number of anilines is 2. The van der Waals surface area contributed by atoms with Crippen molar-refractivity contribution in [1.82, 2.24) is 4.98 Å². The molecule has 2 aromatic rings. The van der Waals surface area contributed by atoms with Gasteiger partial charge >= 0.3 is 0 Å². The van der Waals surface area contributed by atoms with Gasteiger partial charge in [-0.25, -0.2) is 9.37 Å². The molecule has 3 N–H and O–H groups in total. The summed E-state index contributed by atoms with van der Waals surface area (Å²) in [6.45, 7) is 0. The summed E-state index contributed by atoms with van der Waals surface area (Å²) in [5.74, 6) is -0.0455. The van der Waals surface area contributed by atoms with Crippen molar-refractivity contribution in [1.29, 1.82) is 0 Å². The Morgan fingerprint density at radius 1 is 1.47 bits per heavy atom. The number of hydrogen-bond acceptors (Lipinski definition) is 5. The summed E-state index contributed by atoms with van der Waals surface area (Å²) in [7, 11) is 0. The maximum atomic E-state index is 13.3. The monoisotopic (exact) mass is 297 g/mol. The van der Waals surface area contributed by atoms with Gasteiger partial charge in [0.25, 0.3) is 0 Å². The molecule has 0 aliphatic rings. The summed E-state index contributed by atoms with van der Waals surface area (Å²) < 4.78 is 14.3.